The number of carbonyl (C=O) groups is 2. The number of benzene rings is 2. The highest BCUT2D eigenvalue weighted by atomic mass is 16.7. The van der Waals surface area contributed by atoms with Gasteiger partial charge in [0.2, 0.25) is 17.8 Å². The van der Waals surface area contributed by atoms with Crippen LogP contribution in [0.4, 0.5) is 0 Å². The van der Waals surface area contributed by atoms with Gasteiger partial charge in [0.1, 0.15) is 59.9 Å². The molecule has 0 amide bonds. The number of ether oxygens (including phenoxy) is 7. The first-order valence-corrected chi connectivity index (χ1v) is 15.3. The number of esters is 1. The van der Waals surface area contributed by atoms with Crippen molar-refractivity contribution in [3.63, 3.8) is 0 Å². The molecule has 2 aliphatic heterocycles. The van der Waals surface area contributed by atoms with Gasteiger partial charge >= 0.3 is 23.3 Å². The second-order valence-corrected chi connectivity index (χ2v) is 11.7. The number of phenols is 3. The number of fused-ring (bicyclic) bond motifs is 1. The van der Waals surface area contributed by atoms with Crippen LogP contribution < -0.4 is 14.2 Å². The van der Waals surface area contributed by atoms with Crippen molar-refractivity contribution in [2.45, 2.75) is 74.8 Å². The topological polar surface area (TPSA) is 292 Å². The Morgan fingerprint density at radius 3 is 2.08 bits per heavy atom. The zero-order chi connectivity index (χ0) is 37.3. The van der Waals surface area contributed by atoms with E-state index < -0.39 is 92.1 Å². The van der Waals surface area contributed by atoms with Gasteiger partial charge in [-0.25, -0.2) is 4.42 Å². The SMILES string of the molecule is COc1cc(-c2[o+]c3cc(O)cc(O)c3cc2O[C@@H]2O[C@H](CO[C@@H]3O[C@@H](C)[C@H](OC(=O)CC(=O)O)[C@H](O)[C@@H]3O)[C@@H](O)[C@H](O)[C@H]2O)cc(OC)c1O. The van der Waals surface area contributed by atoms with Gasteiger partial charge in [-0.2, -0.15) is 0 Å². The smallest absolute Gasteiger partial charge is 0.402 e. The van der Waals surface area contributed by atoms with E-state index in [4.69, 9.17) is 42.7 Å². The highest BCUT2D eigenvalue weighted by Crippen LogP contribution is 2.45. The van der Waals surface area contributed by atoms with E-state index in [1.807, 2.05) is 0 Å². The van der Waals surface area contributed by atoms with Crippen molar-refractivity contribution in [3.05, 3.63) is 30.3 Å². The van der Waals surface area contributed by atoms with Crippen LogP contribution in [0.3, 0.4) is 0 Å². The fourth-order valence-electron chi connectivity index (χ4n) is 5.59. The van der Waals surface area contributed by atoms with Crippen LogP contribution >= 0.6 is 0 Å². The zero-order valence-electron chi connectivity index (χ0n) is 27.2. The predicted molar refractivity (Wildman–Crippen MR) is 166 cm³/mol. The molecule has 51 heavy (non-hydrogen) atoms. The summed E-state index contributed by atoms with van der Waals surface area (Å²) in [6.45, 7) is 0.738. The Morgan fingerprint density at radius 1 is 0.804 bits per heavy atom. The Balaban J connectivity index is 1.40. The third-order valence-electron chi connectivity index (χ3n) is 8.23. The molecule has 19 nitrogen and oxygen atoms in total. The third-order valence-corrected chi connectivity index (χ3v) is 8.23. The monoisotopic (exact) mass is 725 g/mol. The summed E-state index contributed by atoms with van der Waals surface area (Å²) >= 11 is 0. The molecule has 2 aromatic carbocycles. The average molecular weight is 726 g/mol. The molecule has 3 aromatic rings. The van der Waals surface area contributed by atoms with Gasteiger partial charge < -0.3 is 79.1 Å². The molecule has 5 rings (SSSR count). The maximum Gasteiger partial charge on any atom is 0.402 e. The number of carbonyl (C=O) groups excluding carboxylic acids is 1. The Labute approximate surface area is 287 Å². The van der Waals surface area contributed by atoms with Crippen molar-refractivity contribution >= 4 is 22.9 Å². The van der Waals surface area contributed by atoms with Crippen LogP contribution in [0.2, 0.25) is 0 Å². The van der Waals surface area contributed by atoms with Crippen molar-refractivity contribution in [2.75, 3.05) is 20.8 Å². The number of aliphatic hydroxyl groups excluding tert-OH is 5. The summed E-state index contributed by atoms with van der Waals surface area (Å²) in [5, 5.41) is 93.4. The predicted octanol–water partition coefficient (Wildman–Crippen LogP) is -0.429. The summed E-state index contributed by atoms with van der Waals surface area (Å²) in [4.78, 5) is 22.6. The molecule has 3 heterocycles. The first kappa shape index (κ1) is 37.5. The molecule has 0 spiro atoms. The van der Waals surface area contributed by atoms with Crippen molar-refractivity contribution in [2.24, 2.45) is 0 Å². The van der Waals surface area contributed by atoms with E-state index in [0.717, 1.165) is 6.07 Å². The molecule has 10 atom stereocenters. The van der Waals surface area contributed by atoms with Gasteiger partial charge in [0.25, 0.3) is 0 Å². The largest absolute Gasteiger partial charge is 0.507 e. The van der Waals surface area contributed by atoms with E-state index >= 15 is 0 Å². The molecule has 0 saturated carbocycles. The standard InChI is InChI=1S/C32H36O19/c1-11-29(51-22(37)9-21(35)36)26(41)28(43)31(47-11)46-10-20-24(39)25(40)27(42)32(50-20)49-19-8-14-15(34)6-13(33)7-16(14)48-30(19)12-4-17(44-2)23(38)18(5-12)45-3/h4-8,11,20,24-29,31-32,39-43H,9-10H2,1-3H3,(H3-,33,34,35,36,38)/p+1/t11-,20+,24+,25-,26+,27+,28-,29-,31+,32+/m0/s1. The molecular weight excluding hydrogens is 688 g/mol. The first-order valence-electron chi connectivity index (χ1n) is 15.3. The molecule has 0 radical (unpaired) electrons. The number of hydrogen-bond acceptors (Lipinski definition) is 17. The summed E-state index contributed by atoms with van der Waals surface area (Å²) in [6, 6.07) is 6.23. The van der Waals surface area contributed by atoms with Crippen molar-refractivity contribution in [1.29, 1.82) is 0 Å². The van der Waals surface area contributed by atoms with Gasteiger partial charge in [0.05, 0.1) is 38.6 Å². The quantitative estimate of drug-likeness (QED) is 0.0688. The second kappa shape index (κ2) is 15.3. The number of aliphatic carboxylic acids is 1. The number of carboxylic acid groups (broad SMARTS) is 1. The maximum atomic E-state index is 11.8. The Kier molecular flexibility index (Phi) is 11.2. The van der Waals surface area contributed by atoms with Crippen LogP contribution in [0, 0.1) is 0 Å². The molecule has 278 valence electrons. The summed E-state index contributed by atoms with van der Waals surface area (Å²) in [6.07, 6.45) is -17.5. The highest BCUT2D eigenvalue weighted by molar-refractivity contribution is 5.90. The first-order chi connectivity index (χ1) is 24.1. The van der Waals surface area contributed by atoms with Crippen molar-refractivity contribution in [3.8, 4) is 45.8 Å². The fourth-order valence-corrected chi connectivity index (χ4v) is 5.59. The van der Waals surface area contributed by atoms with E-state index in [0.29, 0.717) is 0 Å². The number of aromatic hydroxyl groups is 3. The van der Waals surface area contributed by atoms with Gasteiger partial charge in [-0.1, -0.05) is 0 Å². The lowest BCUT2D eigenvalue weighted by molar-refractivity contribution is -0.319. The summed E-state index contributed by atoms with van der Waals surface area (Å²) in [5.74, 6) is -4.13. The van der Waals surface area contributed by atoms with Gasteiger partial charge in [0, 0.05) is 24.3 Å². The minimum Gasteiger partial charge on any atom is -0.507 e. The number of aliphatic hydroxyl groups is 5. The van der Waals surface area contributed by atoms with E-state index in [1.165, 1.54) is 45.4 Å². The average Bonchev–Trinajstić information content (AvgIpc) is 3.08. The third kappa shape index (κ3) is 7.80. The van der Waals surface area contributed by atoms with Crippen LogP contribution in [0.15, 0.2) is 34.7 Å². The highest BCUT2D eigenvalue weighted by Gasteiger charge is 2.49. The van der Waals surface area contributed by atoms with Gasteiger partial charge in [0.15, 0.2) is 23.9 Å². The molecule has 0 unspecified atom stereocenters. The molecule has 9 N–H and O–H groups in total. The van der Waals surface area contributed by atoms with Crippen molar-refractivity contribution < 1.29 is 93.1 Å². The van der Waals surface area contributed by atoms with Gasteiger partial charge in [-0.15, -0.1) is 0 Å². The molecule has 0 bridgehead atoms. The van der Waals surface area contributed by atoms with E-state index in [2.05, 4.69) is 0 Å². The van der Waals surface area contributed by atoms with Crippen molar-refractivity contribution in [1.82, 2.24) is 0 Å². The summed E-state index contributed by atoms with van der Waals surface area (Å²) in [7, 11) is 2.58. The summed E-state index contributed by atoms with van der Waals surface area (Å²) < 4.78 is 44.3. The van der Waals surface area contributed by atoms with Crippen LogP contribution in [-0.4, -0.2) is 140 Å². The molecule has 19 heteroatoms. The normalized spacial score (nSPS) is 29.3. The number of rotatable bonds is 11. The lowest BCUT2D eigenvalue weighted by Crippen LogP contribution is -2.62. The number of carboxylic acids is 1. The maximum absolute atomic E-state index is 11.8. The van der Waals surface area contributed by atoms with E-state index in [9.17, 15) is 50.4 Å². The van der Waals surface area contributed by atoms with Crippen LogP contribution in [0.1, 0.15) is 13.3 Å². The minimum absolute atomic E-state index is 0.0194. The van der Waals surface area contributed by atoms with E-state index in [-0.39, 0.29) is 51.0 Å². The lowest BCUT2D eigenvalue weighted by Gasteiger charge is -2.43. The zero-order valence-corrected chi connectivity index (χ0v) is 27.2. The number of phenolic OH excluding ortho intramolecular Hbond substituents is 3. The Morgan fingerprint density at radius 2 is 1.45 bits per heavy atom. The van der Waals surface area contributed by atoms with Crippen LogP contribution in [0.5, 0.6) is 34.5 Å². The Bertz CT molecular complexity index is 1720. The number of methoxy groups -OCH3 is 2. The molecular formula is C32H37O19+. The molecule has 0 aliphatic carbocycles. The fraction of sp³-hybridized carbons (Fsp3) is 0.469. The molecule has 2 saturated heterocycles. The molecule has 1 aromatic heterocycles. The summed E-state index contributed by atoms with van der Waals surface area (Å²) in [5.41, 5.74) is 0.157. The minimum atomic E-state index is -1.89. The van der Waals surface area contributed by atoms with Crippen LogP contribution in [0.25, 0.3) is 22.3 Å². The second-order valence-electron chi connectivity index (χ2n) is 11.7. The van der Waals surface area contributed by atoms with Crippen LogP contribution in [-0.2, 0) is 28.5 Å². The number of hydrogen-bond donors (Lipinski definition) is 9. The Hall–Kier alpha value is -4.73. The van der Waals surface area contributed by atoms with Gasteiger partial charge in [-0.05, 0) is 6.92 Å². The van der Waals surface area contributed by atoms with E-state index in [1.54, 1.807) is 0 Å². The van der Waals surface area contributed by atoms with Gasteiger partial charge in [-0.3, -0.25) is 9.59 Å². The molecule has 2 fully saturated rings. The molecule has 2 aliphatic rings. The lowest BCUT2D eigenvalue weighted by atomic mass is 9.98.